The fourth-order valence-electron chi connectivity index (χ4n) is 3.02. The zero-order valence-electron chi connectivity index (χ0n) is 12.5. The molecular formula is C16H26N2OS. The van der Waals surface area contributed by atoms with Gasteiger partial charge in [-0.1, -0.05) is 32.8 Å². The third kappa shape index (κ3) is 3.61. The molecule has 1 fully saturated rings. The summed E-state index contributed by atoms with van der Waals surface area (Å²) in [6, 6.07) is 4.20. The number of hydrogen-bond acceptors (Lipinski definition) is 3. The molecule has 1 aromatic heterocycles. The standard InChI is InChI=1S/C16H26N2OS/c1-16(2,14-8-5-9-20-14)11-18-15(19)13-7-4-3-6-12(13)10-17/h5,8-9,12-13H,3-4,6-7,10-11,17H2,1-2H3,(H,18,19). The van der Waals surface area contributed by atoms with Gasteiger partial charge in [0.1, 0.15) is 0 Å². The molecule has 4 heteroatoms. The molecule has 0 spiro atoms. The van der Waals surface area contributed by atoms with E-state index in [2.05, 4.69) is 36.7 Å². The normalized spacial score (nSPS) is 23.6. The van der Waals surface area contributed by atoms with Gasteiger partial charge in [-0.3, -0.25) is 4.79 Å². The van der Waals surface area contributed by atoms with E-state index in [0.29, 0.717) is 19.0 Å². The first-order valence-corrected chi connectivity index (χ1v) is 8.44. The summed E-state index contributed by atoms with van der Waals surface area (Å²) in [6.07, 6.45) is 4.46. The molecular weight excluding hydrogens is 268 g/mol. The number of nitrogens with one attached hydrogen (secondary N) is 1. The van der Waals surface area contributed by atoms with Gasteiger partial charge < -0.3 is 11.1 Å². The maximum atomic E-state index is 12.4. The average Bonchev–Trinajstić information content (AvgIpc) is 3.00. The van der Waals surface area contributed by atoms with E-state index in [1.165, 1.54) is 11.3 Å². The molecule has 20 heavy (non-hydrogen) atoms. The number of carbonyl (C=O) groups is 1. The molecule has 3 N–H and O–H groups in total. The average molecular weight is 294 g/mol. The van der Waals surface area contributed by atoms with Crippen LogP contribution < -0.4 is 11.1 Å². The Kier molecular flexibility index (Phi) is 5.22. The van der Waals surface area contributed by atoms with Gasteiger partial charge in [-0.15, -0.1) is 11.3 Å². The highest BCUT2D eigenvalue weighted by molar-refractivity contribution is 7.10. The molecule has 0 bridgehead atoms. The number of nitrogens with two attached hydrogens (primary N) is 1. The molecule has 2 atom stereocenters. The van der Waals surface area contributed by atoms with Crippen molar-refractivity contribution in [2.75, 3.05) is 13.1 Å². The Hall–Kier alpha value is -0.870. The van der Waals surface area contributed by atoms with Crippen molar-refractivity contribution in [3.8, 4) is 0 Å². The lowest BCUT2D eigenvalue weighted by molar-refractivity contribution is -0.127. The summed E-state index contributed by atoms with van der Waals surface area (Å²) in [6.45, 7) is 5.69. The molecule has 1 aliphatic rings. The molecule has 0 aromatic carbocycles. The molecule has 2 unspecified atom stereocenters. The number of amides is 1. The van der Waals surface area contributed by atoms with Crippen molar-refractivity contribution in [3.63, 3.8) is 0 Å². The van der Waals surface area contributed by atoms with Crippen LogP contribution in [0.1, 0.15) is 44.4 Å². The first-order chi connectivity index (χ1) is 9.54. The van der Waals surface area contributed by atoms with Crippen molar-refractivity contribution < 1.29 is 4.79 Å². The summed E-state index contributed by atoms with van der Waals surface area (Å²) in [5.74, 6) is 0.686. The van der Waals surface area contributed by atoms with Gasteiger partial charge in [0, 0.05) is 22.8 Å². The highest BCUT2D eigenvalue weighted by atomic mass is 32.1. The fourth-order valence-corrected chi connectivity index (χ4v) is 3.88. The number of carbonyl (C=O) groups excluding carboxylic acids is 1. The quantitative estimate of drug-likeness (QED) is 0.877. The van der Waals surface area contributed by atoms with E-state index in [1.54, 1.807) is 11.3 Å². The zero-order chi connectivity index (χ0) is 14.6. The molecule has 1 amide bonds. The number of hydrogen-bond donors (Lipinski definition) is 2. The van der Waals surface area contributed by atoms with Crippen LogP contribution in [-0.2, 0) is 10.2 Å². The lowest BCUT2D eigenvalue weighted by Crippen LogP contribution is -2.43. The highest BCUT2D eigenvalue weighted by Gasteiger charge is 2.31. The molecule has 1 aliphatic carbocycles. The maximum Gasteiger partial charge on any atom is 0.223 e. The van der Waals surface area contributed by atoms with Crippen molar-refractivity contribution in [1.29, 1.82) is 0 Å². The Morgan fingerprint density at radius 3 is 2.85 bits per heavy atom. The lowest BCUT2D eigenvalue weighted by Gasteiger charge is -2.31. The molecule has 112 valence electrons. The Labute approximate surface area is 125 Å². The van der Waals surface area contributed by atoms with Crippen molar-refractivity contribution in [3.05, 3.63) is 22.4 Å². The molecule has 0 saturated heterocycles. The fraction of sp³-hybridized carbons (Fsp3) is 0.688. The Morgan fingerprint density at radius 2 is 2.20 bits per heavy atom. The minimum Gasteiger partial charge on any atom is -0.355 e. The van der Waals surface area contributed by atoms with Crippen LogP contribution in [0.25, 0.3) is 0 Å². The Bertz CT molecular complexity index is 428. The second-order valence-electron chi connectivity index (χ2n) is 6.47. The van der Waals surface area contributed by atoms with Crippen molar-refractivity contribution >= 4 is 17.2 Å². The van der Waals surface area contributed by atoms with E-state index in [0.717, 1.165) is 19.3 Å². The maximum absolute atomic E-state index is 12.4. The van der Waals surface area contributed by atoms with Crippen LogP contribution in [0.15, 0.2) is 17.5 Å². The first kappa shape index (κ1) is 15.5. The predicted octanol–water partition coefficient (Wildman–Crippen LogP) is 2.91. The van der Waals surface area contributed by atoms with E-state index in [9.17, 15) is 4.79 Å². The second kappa shape index (κ2) is 6.72. The summed E-state index contributed by atoms with van der Waals surface area (Å²) in [5.41, 5.74) is 5.81. The van der Waals surface area contributed by atoms with Gasteiger partial charge in [0.15, 0.2) is 0 Å². The van der Waals surface area contributed by atoms with Gasteiger partial charge in [-0.05, 0) is 36.8 Å². The SMILES string of the molecule is CC(C)(CNC(=O)C1CCCCC1CN)c1cccs1. The number of thiophene rings is 1. The van der Waals surface area contributed by atoms with E-state index in [1.807, 2.05) is 0 Å². The van der Waals surface area contributed by atoms with Crippen LogP contribution in [0.3, 0.4) is 0 Å². The van der Waals surface area contributed by atoms with Crippen molar-refractivity contribution in [1.82, 2.24) is 5.32 Å². The monoisotopic (exact) mass is 294 g/mol. The van der Waals surface area contributed by atoms with Gasteiger partial charge in [0.25, 0.3) is 0 Å². The van der Waals surface area contributed by atoms with Crippen LogP contribution in [0, 0.1) is 11.8 Å². The van der Waals surface area contributed by atoms with Crippen LogP contribution in [0.4, 0.5) is 0 Å². The lowest BCUT2D eigenvalue weighted by atomic mass is 9.78. The second-order valence-corrected chi connectivity index (χ2v) is 7.41. The minimum atomic E-state index is -0.00327. The summed E-state index contributed by atoms with van der Waals surface area (Å²) >= 11 is 1.75. The van der Waals surface area contributed by atoms with E-state index >= 15 is 0 Å². The summed E-state index contributed by atoms with van der Waals surface area (Å²) in [4.78, 5) is 13.7. The van der Waals surface area contributed by atoms with Gasteiger partial charge in [0.2, 0.25) is 5.91 Å². The molecule has 3 nitrogen and oxygen atoms in total. The Balaban J connectivity index is 1.91. The third-order valence-corrected chi connectivity index (χ3v) is 5.68. The zero-order valence-corrected chi connectivity index (χ0v) is 13.3. The van der Waals surface area contributed by atoms with Gasteiger partial charge >= 0.3 is 0 Å². The summed E-state index contributed by atoms with van der Waals surface area (Å²) in [5, 5.41) is 5.25. The smallest absolute Gasteiger partial charge is 0.223 e. The third-order valence-electron chi connectivity index (χ3n) is 4.44. The summed E-state index contributed by atoms with van der Waals surface area (Å²) in [7, 11) is 0. The molecule has 1 heterocycles. The van der Waals surface area contributed by atoms with Gasteiger partial charge in [-0.25, -0.2) is 0 Å². The Morgan fingerprint density at radius 1 is 1.45 bits per heavy atom. The molecule has 0 radical (unpaired) electrons. The van der Waals surface area contributed by atoms with Crippen molar-refractivity contribution in [2.24, 2.45) is 17.6 Å². The van der Waals surface area contributed by atoms with E-state index < -0.39 is 0 Å². The minimum absolute atomic E-state index is 0.00327. The van der Waals surface area contributed by atoms with Gasteiger partial charge in [-0.2, -0.15) is 0 Å². The van der Waals surface area contributed by atoms with Crippen LogP contribution in [0.5, 0.6) is 0 Å². The summed E-state index contributed by atoms with van der Waals surface area (Å²) < 4.78 is 0. The van der Waals surface area contributed by atoms with Crippen LogP contribution >= 0.6 is 11.3 Å². The largest absolute Gasteiger partial charge is 0.355 e. The molecule has 1 aromatic rings. The van der Waals surface area contributed by atoms with E-state index in [4.69, 9.17) is 5.73 Å². The van der Waals surface area contributed by atoms with Crippen molar-refractivity contribution in [2.45, 2.75) is 44.9 Å². The van der Waals surface area contributed by atoms with Gasteiger partial charge in [0.05, 0.1) is 0 Å². The topological polar surface area (TPSA) is 55.1 Å². The highest BCUT2D eigenvalue weighted by Crippen LogP contribution is 2.30. The van der Waals surface area contributed by atoms with E-state index in [-0.39, 0.29) is 17.2 Å². The van der Waals surface area contributed by atoms with Crippen LogP contribution in [0.2, 0.25) is 0 Å². The first-order valence-electron chi connectivity index (χ1n) is 7.56. The number of rotatable bonds is 5. The predicted molar refractivity (Wildman–Crippen MR) is 84.9 cm³/mol. The molecule has 1 saturated carbocycles. The molecule has 0 aliphatic heterocycles. The van der Waals surface area contributed by atoms with Crippen LogP contribution in [-0.4, -0.2) is 19.0 Å². The molecule has 2 rings (SSSR count).